The topological polar surface area (TPSA) is 84.2 Å². The smallest absolute Gasteiger partial charge is 0.247 e. The summed E-state index contributed by atoms with van der Waals surface area (Å²) >= 11 is 0. The molecule has 2 fully saturated rings. The molecular weight excluding hydrogens is 356 g/mol. The van der Waals surface area contributed by atoms with Crippen molar-refractivity contribution in [3.63, 3.8) is 0 Å². The quantitative estimate of drug-likeness (QED) is 0.803. The van der Waals surface area contributed by atoms with Crippen LogP contribution in [0.2, 0.25) is 0 Å². The molecule has 0 aromatic carbocycles. The summed E-state index contributed by atoms with van der Waals surface area (Å²) in [6.45, 7) is 4.69. The Labute approximate surface area is 164 Å². The summed E-state index contributed by atoms with van der Waals surface area (Å²) in [5, 5.41) is 4.08. The Balaban J connectivity index is 1.37. The predicted molar refractivity (Wildman–Crippen MR) is 102 cm³/mol. The van der Waals surface area contributed by atoms with Gasteiger partial charge in [-0.05, 0) is 43.2 Å². The van der Waals surface area contributed by atoms with Crippen LogP contribution in [0.1, 0.15) is 44.2 Å². The van der Waals surface area contributed by atoms with Crippen molar-refractivity contribution in [2.24, 2.45) is 5.41 Å². The van der Waals surface area contributed by atoms with E-state index in [0.29, 0.717) is 13.0 Å². The molecular formula is C20H26N6O2. The number of amides is 2. The third-order valence-corrected chi connectivity index (χ3v) is 6.17. The fourth-order valence-electron chi connectivity index (χ4n) is 4.36. The predicted octanol–water partition coefficient (Wildman–Crippen LogP) is 1.67. The molecule has 0 aliphatic carbocycles. The molecule has 0 saturated carbocycles. The highest BCUT2D eigenvalue weighted by atomic mass is 16.2. The lowest BCUT2D eigenvalue weighted by molar-refractivity contribution is -0.144. The fraction of sp³-hybridized carbons (Fsp3) is 0.550. The Morgan fingerprint density at radius 2 is 2.07 bits per heavy atom. The van der Waals surface area contributed by atoms with Gasteiger partial charge in [-0.1, -0.05) is 6.07 Å². The van der Waals surface area contributed by atoms with E-state index in [1.807, 2.05) is 35.1 Å². The minimum atomic E-state index is -0.341. The van der Waals surface area contributed by atoms with Crippen LogP contribution in [0.15, 0.2) is 37.2 Å². The van der Waals surface area contributed by atoms with E-state index in [9.17, 15) is 9.59 Å². The molecule has 2 aromatic heterocycles. The third kappa shape index (κ3) is 3.76. The maximum atomic E-state index is 12.8. The Bertz CT molecular complexity index is 814. The summed E-state index contributed by atoms with van der Waals surface area (Å²) in [4.78, 5) is 37.2. The first-order valence-corrected chi connectivity index (χ1v) is 9.86. The van der Waals surface area contributed by atoms with E-state index in [-0.39, 0.29) is 23.3 Å². The number of hydrogen-bond acceptors (Lipinski definition) is 5. The molecule has 2 aliphatic rings. The zero-order chi connectivity index (χ0) is 19.6. The SMILES string of the molecule is C[C@H](C(=O)N1CCC2(CCC(=O)N(Cc3cccnc3)C2)CC1)n1cncn1. The molecule has 0 N–H and O–H groups in total. The molecule has 0 unspecified atom stereocenters. The van der Waals surface area contributed by atoms with Gasteiger partial charge in [0.25, 0.3) is 0 Å². The lowest BCUT2D eigenvalue weighted by Gasteiger charge is -2.47. The van der Waals surface area contributed by atoms with Crippen molar-refractivity contribution >= 4 is 11.8 Å². The molecule has 2 aromatic rings. The maximum Gasteiger partial charge on any atom is 0.247 e. The minimum absolute atomic E-state index is 0.0828. The summed E-state index contributed by atoms with van der Waals surface area (Å²) in [5.41, 5.74) is 1.17. The molecule has 2 saturated heterocycles. The second kappa shape index (κ2) is 7.69. The molecule has 4 heterocycles. The first-order chi connectivity index (χ1) is 13.6. The number of nitrogens with zero attached hydrogens (tertiary/aromatic N) is 6. The van der Waals surface area contributed by atoms with Crippen molar-refractivity contribution in [1.29, 1.82) is 0 Å². The molecule has 2 amide bonds. The number of rotatable bonds is 4. The molecule has 4 rings (SSSR count). The van der Waals surface area contributed by atoms with Crippen molar-refractivity contribution < 1.29 is 9.59 Å². The molecule has 148 valence electrons. The average Bonchev–Trinajstić information content (AvgIpc) is 3.26. The second-order valence-electron chi connectivity index (χ2n) is 7.99. The van der Waals surface area contributed by atoms with Crippen LogP contribution in [0.3, 0.4) is 0 Å². The number of pyridine rings is 1. The van der Waals surface area contributed by atoms with Gasteiger partial charge in [0.15, 0.2) is 0 Å². The zero-order valence-corrected chi connectivity index (χ0v) is 16.2. The highest BCUT2D eigenvalue weighted by Crippen LogP contribution is 2.40. The molecule has 28 heavy (non-hydrogen) atoms. The van der Waals surface area contributed by atoms with Crippen molar-refractivity contribution in [1.82, 2.24) is 29.5 Å². The molecule has 1 spiro atoms. The summed E-state index contributed by atoms with van der Waals surface area (Å²) in [6, 6.07) is 3.57. The van der Waals surface area contributed by atoms with Gasteiger partial charge < -0.3 is 9.80 Å². The van der Waals surface area contributed by atoms with Crippen molar-refractivity contribution in [3.05, 3.63) is 42.7 Å². The van der Waals surface area contributed by atoms with Crippen LogP contribution in [-0.2, 0) is 16.1 Å². The van der Waals surface area contributed by atoms with Crippen molar-refractivity contribution in [2.45, 2.75) is 45.2 Å². The van der Waals surface area contributed by atoms with Crippen molar-refractivity contribution in [2.75, 3.05) is 19.6 Å². The Morgan fingerprint density at radius 1 is 1.25 bits per heavy atom. The minimum Gasteiger partial charge on any atom is -0.341 e. The first kappa shape index (κ1) is 18.6. The van der Waals surface area contributed by atoms with E-state index in [1.165, 1.54) is 6.33 Å². The van der Waals surface area contributed by atoms with Gasteiger partial charge in [0, 0.05) is 45.0 Å². The highest BCUT2D eigenvalue weighted by Gasteiger charge is 2.42. The van der Waals surface area contributed by atoms with Crippen LogP contribution < -0.4 is 0 Å². The van der Waals surface area contributed by atoms with E-state index in [2.05, 4.69) is 15.1 Å². The van der Waals surface area contributed by atoms with E-state index in [1.54, 1.807) is 17.2 Å². The van der Waals surface area contributed by atoms with Gasteiger partial charge in [0.05, 0.1) is 0 Å². The number of carbonyl (C=O) groups excluding carboxylic acids is 2. The Morgan fingerprint density at radius 3 is 2.75 bits per heavy atom. The number of likely N-dealkylation sites (tertiary alicyclic amines) is 2. The Hall–Kier alpha value is -2.77. The van der Waals surface area contributed by atoms with Gasteiger partial charge >= 0.3 is 0 Å². The summed E-state index contributed by atoms with van der Waals surface area (Å²) in [7, 11) is 0. The van der Waals surface area contributed by atoms with Crippen LogP contribution >= 0.6 is 0 Å². The average molecular weight is 382 g/mol. The first-order valence-electron chi connectivity index (χ1n) is 9.86. The van der Waals surface area contributed by atoms with Gasteiger partial charge in [0.2, 0.25) is 11.8 Å². The largest absolute Gasteiger partial charge is 0.341 e. The number of hydrogen-bond donors (Lipinski definition) is 0. The molecule has 1 atom stereocenters. The van der Waals surface area contributed by atoms with Gasteiger partial charge in [0.1, 0.15) is 18.7 Å². The Kier molecular flexibility index (Phi) is 5.11. The van der Waals surface area contributed by atoms with Crippen molar-refractivity contribution in [3.8, 4) is 0 Å². The summed E-state index contributed by atoms with van der Waals surface area (Å²) in [5.74, 6) is 0.298. The van der Waals surface area contributed by atoms with Crippen LogP contribution in [0, 0.1) is 5.41 Å². The van der Waals surface area contributed by atoms with E-state index >= 15 is 0 Å². The van der Waals surface area contributed by atoms with Gasteiger partial charge in [-0.2, -0.15) is 5.10 Å². The van der Waals surface area contributed by atoms with Crippen LogP contribution in [0.4, 0.5) is 0 Å². The third-order valence-electron chi connectivity index (χ3n) is 6.17. The summed E-state index contributed by atoms with van der Waals surface area (Å²) < 4.78 is 1.60. The maximum absolute atomic E-state index is 12.8. The molecule has 8 nitrogen and oxygen atoms in total. The van der Waals surface area contributed by atoms with E-state index in [4.69, 9.17) is 0 Å². The lowest BCUT2D eigenvalue weighted by Crippen LogP contribution is -2.52. The number of aromatic nitrogens is 4. The van der Waals surface area contributed by atoms with Gasteiger partial charge in [-0.15, -0.1) is 0 Å². The summed E-state index contributed by atoms with van der Waals surface area (Å²) in [6.07, 6.45) is 9.96. The normalized spacial score (nSPS) is 20.4. The van der Waals surface area contributed by atoms with Crippen LogP contribution in [-0.4, -0.2) is 61.0 Å². The highest BCUT2D eigenvalue weighted by molar-refractivity contribution is 5.80. The molecule has 2 aliphatic heterocycles. The fourth-order valence-corrected chi connectivity index (χ4v) is 4.36. The van der Waals surface area contributed by atoms with Crippen LogP contribution in [0.5, 0.6) is 0 Å². The lowest BCUT2D eigenvalue weighted by atomic mass is 9.72. The number of carbonyl (C=O) groups is 2. The molecule has 8 heteroatoms. The zero-order valence-electron chi connectivity index (χ0n) is 16.2. The molecule has 0 bridgehead atoms. The van der Waals surface area contributed by atoms with E-state index < -0.39 is 0 Å². The molecule has 0 radical (unpaired) electrons. The monoisotopic (exact) mass is 382 g/mol. The second-order valence-corrected chi connectivity index (χ2v) is 7.99. The van der Waals surface area contributed by atoms with Gasteiger partial charge in [-0.25, -0.2) is 9.67 Å². The number of piperidine rings is 2. The standard InChI is InChI=1S/C20H26N6O2/c1-16(26-15-22-14-23-26)19(28)24-9-6-20(7-10-24)5-4-18(27)25(13-20)12-17-3-2-8-21-11-17/h2-3,8,11,14-16H,4-7,9-10,12-13H2,1H3/t16-/m1/s1. The van der Waals surface area contributed by atoms with Gasteiger partial charge in [-0.3, -0.25) is 14.6 Å². The van der Waals surface area contributed by atoms with Crippen LogP contribution in [0.25, 0.3) is 0 Å². The van der Waals surface area contributed by atoms with E-state index in [0.717, 1.165) is 44.5 Å².